The van der Waals surface area contributed by atoms with E-state index in [0.29, 0.717) is 11.7 Å². The molecule has 160 valence electrons. The van der Waals surface area contributed by atoms with Crippen molar-refractivity contribution in [3.63, 3.8) is 0 Å². The van der Waals surface area contributed by atoms with Crippen LogP contribution in [0.1, 0.15) is 11.3 Å². The summed E-state index contributed by atoms with van der Waals surface area (Å²) in [6.07, 6.45) is 3.26. The number of benzene rings is 2. The molecule has 5 aromatic rings. The fourth-order valence-electron chi connectivity index (χ4n) is 3.21. The molecule has 0 saturated heterocycles. The summed E-state index contributed by atoms with van der Waals surface area (Å²) in [7, 11) is 0. The number of hydrogen-bond donors (Lipinski definition) is 1. The molecule has 5 rings (SSSR count). The van der Waals surface area contributed by atoms with E-state index in [0.717, 1.165) is 27.5 Å². The summed E-state index contributed by atoms with van der Waals surface area (Å²) in [6.45, 7) is 2.61. The average Bonchev–Trinajstić information content (AvgIpc) is 3.54. The quantitative estimate of drug-likeness (QED) is 0.334. The molecule has 0 aliphatic rings. The second-order valence-corrected chi connectivity index (χ2v) is 9.20. The van der Waals surface area contributed by atoms with Crippen LogP contribution in [0.25, 0.3) is 20.8 Å². The van der Waals surface area contributed by atoms with E-state index in [9.17, 15) is 4.79 Å². The Kier molecular flexibility index (Phi) is 5.74. The van der Waals surface area contributed by atoms with E-state index in [2.05, 4.69) is 34.6 Å². The number of furan rings is 1. The van der Waals surface area contributed by atoms with Crippen LogP contribution in [0.15, 0.2) is 76.8 Å². The first-order valence-corrected chi connectivity index (χ1v) is 11.7. The zero-order chi connectivity index (χ0) is 21.9. The van der Waals surface area contributed by atoms with Gasteiger partial charge in [-0.3, -0.25) is 4.79 Å². The second-order valence-electron chi connectivity index (χ2n) is 7.23. The third-order valence-electron chi connectivity index (χ3n) is 4.78. The Bertz CT molecular complexity index is 1360. The van der Waals surface area contributed by atoms with Crippen molar-refractivity contribution < 1.29 is 9.21 Å². The number of anilines is 1. The van der Waals surface area contributed by atoms with Crippen molar-refractivity contribution >= 4 is 44.9 Å². The standard InChI is InChI=1S/C23H19N5O2S2/c1-15-4-9-19-20(11-15)32-22(26-19)16-5-7-17(8-6-16)25-21(29)13-31-23-27-24-14-28(23)12-18-3-2-10-30-18/h2-11,14H,12-13H2,1H3,(H,25,29). The van der Waals surface area contributed by atoms with Gasteiger partial charge in [0.2, 0.25) is 5.91 Å². The largest absolute Gasteiger partial charge is 0.467 e. The third kappa shape index (κ3) is 4.58. The van der Waals surface area contributed by atoms with Gasteiger partial charge in [0.1, 0.15) is 17.1 Å². The molecule has 1 amide bonds. The zero-order valence-corrected chi connectivity index (χ0v) is 18.8. The Labute approximate surface area is 192 Å². The van der Waals surface area contributed by atoms with Gasteiger partial charge in [0.05, 0.1) is 28.8 Å². The Balaban J connectivity index is 1.19. The van der Waals surface area contributed by atoms with Crippen LogP contribution in [0, 0.1) is 6.92 Å². The predicted octanol–water partition coefficient (Wildman–Crippen LogP) is 5.24. The molecule has 3 heterocycles. The van der Waals surface area contributed by atoms with Crippen LogP contribution in [0.4, 0.5) is 5.69 Å². The highest BCUT2D eigenvalue weighted by molar-refractivity contribution is 7.99. The van der Waals surface area contributed by atoms with E-state index in [1.807, 2.05) is 47.0 Å². The Hall–Kier alpha value is -3.43. The van der Waals surface area contributed by atoms with Crippen LogP contribution in [-0.4, -0.2) is 31.4 Å². The van der Waals surface area contributed by atoms with E-state index >= 15 is 0 Å². The van der Waals surface area contributed by atoms with Crippen molar-refractivity contribution in [3.8, 4) is 10.6 Å². The monoisotopic (exact) mass is 461 g/mol. The SMILES string of the molecule is Cc1ccc2nc(-c3ccc(NC(=O)CSc4nncn4Cc4ccco4)cc3)sc2c1. The minimum atomic E-state index is -0.106. The molecule has 0 saturated carbocycles. The molecule has 7 nitrogen and oxygen atoms in total. The van der Waals surface area contributed by atoms with Gasteiger partial charge in [-0.1, -0.05) is 17.8 Å². The maximum absolute atomic E-state index is 12.4. The number of amides is 1. The van der Waals surface area contributed by atoms with E-state index in [4.69, 9.17) is 9.40 Å². The summed E-state index contributed by atoms with van der Waals surface area (Å²) < 4.78 is 8.39. The lowest BCUT2D eigenvalue weighted by Gasteiger charge is -2.06. The van der Waals surface area contributed by atoms with Crippen molar-refractivity contribution in [2.45, 2.75) is 18.6 Å². The van der Waals surface area contributed by atoms with Crippen LogP contribution >= 0.6 is 23.1 Å². The number of carbonyl (C=O) groups is 1. The maximum Gasteiger partial charge on any atom is 0.234 e. The molecule has 0 bridgehead atoms. The van der Waals surface area contributed by atoms with Gasteiger partial charge in [-0.05, 0) is 61.0 Å². The van der Waals surface area contributed by atoms with Crippen LogP contribution in [0.5, 0.6) is 0 Å². The van der Waals surface area contributed by atoms with E-state index in [1.54, 1.807) is 23.9 Å². The first-order valence-electron chi connectivity index (χ1n) is 9.94. The van der Waals surface area contributed by atoms with Gasteiger partial charge in [-0.2, -0.15) is 0 Å². The number of nitrogens with one attached hydrogen (secondary N) is 1. The molecular weight excluding hydrogens is 442 g/mol. The van der Waals surface area contributed by atoms with Gasteiger partial charge in [0.25, 0.3) is 0 Å². The van der Waals surface area contributed by atoms with Gasteiger partial charge in [-0.25, -0.2) is 4.98 Å². The number of carbonyl (C=O) groups excluding carboxylic acids is 1. The molecular formula is C23H19N5O2S2. The molecule has 0 atom stereocenters. The fourth-order valence-corrected chi connectivity index (χ4v) is 5.00. The van der Waals surface area contributed by atoms with Crippen LogP contribution in [0.2, 0.25) is 0 Å². The zero-order valence-electron chi connectivity index (χ0n) is 17.2. The third-order valence-corrected chi connectivity index (χ3v) is 6.83. The van der Waals surface area contributed by atoms with Crippen molar-refractivity contribution in [1.82, 2.24) is 19.7 Å². The van der Waals surface area contributed by atoms with Crippen molar-refractivity contribution in [2.24, 2.45) is 0 Å². The molecule has 3 aromatic heterocycles. The first kappa shape index (κ1) is 20.5. The summed E-state index contributed by atoms with van der Waals surface area (Å²) in [5, 5.41) is 12.6. The van der Waals surface area contributed by atoms with Crippen molar-refractivity contribution in [2.75, 3.05) is 11.1 Å². The number of aromatic nitrogens is 4. The Morgan fingerprint density at radius 1 is 1.19 bits per heavy atom. The molecule has 0 fully saturated rings. The minimum absolute atomic E-state index is 0.106. The second kappa shape index (κ2) is 8.97. The molecule has 9 heteroatoms. The number of hydrogen-bond acceptors (Lipinski definition) is 7. The van der Waals surface area contributed by atoms with E-state index in [-0.39, 0.29) is 11.7 Å². The van der Waals surface area contributed by atoms with E-state index in [1.165, 1.54) is 22.0 Å². The highest BCUT2D eigenvalue weighted by Crippen LogP contribution is 2.31. The molecule has 32 heavy (non-hydrogen) atoms. The van der Waals surface area contributed by atoms with E-state index < -0.39 is 0 Å². The lowest BCUT2D eigenvalue weighted by atomic mass is 10.2. The normalized spacial score (nSPS) is 11.2. The number of aryl methyl sites for hydroxylation is 1. The molecule has 0 aliphatic carbocycles. The number of fused-ring (bicyclic) bond motifs is 1. The smallest absolute Gasteiger partial charge is 0.234 e. The number of rotatable bonds is 7. The highest BCUT2D eigenvalue weighted by atomic mass is 32.2. The maximum atomic E-state index is 12.4. The van der Waals surface area contributed by atoms with Crippen molar-refractivity contribution in [3.05, 3.63) is 78.5 Å². The summed E-state index contributed by atoms with van der Waals surface area (Å²) in [5.74, 6) is 0.931. The molecule has 2 aromatic carbocycles. The molecule has 0 spiro atoms. The average molecular weight is 462 g/mol. The van der Waals surface area contributed by atoms with Gasteiger partial charge in [-0.15, -0.1) is 21.5 Å². The lowest BCUT2D eigenvalue weighted by Crippen LogP contribution is -2.14. The predicted molar refractivity (Wildman–Crippen MR) is 127 cm³/mol. The van der Waals surface area contributed by atoms with Crippen LogP contribution < -0.4 is 5.32 Å². The number of nitrogens with zero attached hydrogens (tertiary/aromatic N) is 4. The van der Waals surface area contributed by atoms with Crippen LogP contribution in [-0.2, 0) is 11.3 Å². The minimum Gasteiger partial charge on any atom is -0.467 e. The summed E-state index contributed by atoms with van der Waals surface area (Å²) >= 11 is 3.00. The molecule has 0 aliphatic heterocycles. The van der Waals surface area contributed by atoms with Gasteiger partial charge in [0, 0.05) is 11.3 Å². The van der Waals surface area contributed by atoms with Gasteiger partial charge in [0.15, 0.2) is 5.16 Å². The van der Waals surface area contributed by atoms with Crippen LogP contribution in [0.3, 0.4) is 0 Å². The summed E-state index contributed by atoms with van der Waals surface area (Å²) in [5.41, 5.74) is 4.00. The number of thioether (sulfide) groups is 1. The first-order chi connectivity index (χ1) is 15.6. The Morgan fingerprint density at radius 3 is 2.88 bits per heavy atom. The van der Waals surface area contributed by atoms with Gasteiger partial charge < -0.3 is 14.3 Å². The molecule has 0 radical (unpaired) electrons. The molecule has 1 N–H and O–H groups in total. The topological polar surface area (TPSA) is 85.8 Å². The summed E-state index contributed by atoms with van der Waals surface area (Å²) in [6, 6.07) is 17.7. The fraction of sp³-hybridized carbons (Fsp3) is 0.130. The van der Waals surface area contributed by atoms with Gasteiger partial charge >= 0.3 is 0 Å². The number of thiazole rings is 1. The Morgan fingerprint density at radius 2 is 2.06 bits per heavy atom. The highest BCUT2D eigenvalue weighted by Gasteiger charge is 2.11. The molecule has 0 unspecified atom stereocenters. The van der Waals surface area contributed by atoms with Crippen molar-refractivity contribution in [1.29, 1.82) is 0 Å². The lowest BCUT2D eigenvalue weighted by molar-refractivity contribution is -0.113. The summed E-state index contributed by atoms with van der Waals surface area (Å²) in [4.78, 5) is 17.1.